The van der Waals surface area contributed by atoms with Crippen molar-refractivity contribution in [1.82, 2.24) is 0 Å². The first-order chi connectivity index (χ1) is 6.22. The first kappa shape index (κ1) is 13.3. The quantitative estimate of drug-likeness (QED) is 0.600. The summed E-state index contributed by atoms with van der Waals surface area (Å²) >= 11 is 0. The van der Waals surface area contributed by atoms with Crippen LogP contribution in [0.4, 0.5) is 5.69 Å². The number of nitrogen functional groups attached to an aromatic ring is 1. The van der Waals surface area contributed by atoms with E-state index in [2.05, 4.69) is 38.3 Å². The zero-order valence-electron chi connectivity index (χ0n) is 9.05. The Morgan fingerprint density at radius 2 is 1.57 bits per heavy atom. The Balaban J connectivity index is 0.00000169. The zero-order valence-corrected chi connectivity index (χ0v) is 9.87. The molecule has 1 aromatic rings. The van der Waals surface area contributed by atoms with Crippen LogP contribution in [0, 0.1) is 6.92 Å². The standard InChI is InChI=1S/C11H18N2.ClH/c1-4-9-6-8(3)7-10(5-2)11(9)13-12;/h6-7,13H,4-5,12H2,1-3H3;1H. The summed E-state index contributed by atoms with van der Waals surface area (Å²) < 4.78 is 0. The van der Waals surface area contributed by atoms with E-state index in [1.165, 1.54) is 16.7 Å². The Bertz CT molecular complexity index is 272. The van der Waals surface area contributed by atoms with Gasteiger partial charge in [-0.15, -0.1) is 12.4 Å². The molecule has 0 fully saturated rings. The maximum atomic E-state index is 5.50. The summed E-state index contributed by atoms with van der Waals surface area (Å²) in [5.41, 5.74) is 7.82. The van der Waals surface area contributed by atoms with Crippen LogP contribution in [-0.2, 0) is 12.8 Å². The molecule has 1 aromatic carbocycles. The van der Waals surface area contributed by atoms with Crippen molar-refractivity contribution in [1.29, 1.82) is 0 Å². The van der Waals surface area contributed by atoms with Gasteiger partial charge in [0, 0.05) is 0 Å². The highest BCUT2D eigenvalue weighted by atomic mass is 35.5. The van der Waals surface area contributed by atoms with E-state index in [-0.39, 0.29) is 12.4 Å². The summed E-state index contributed by atoms with van der Waals surface area (Å²) in [6, 6.07) is 4.38. The molecule has 2 nitrogen and oxygen atoms in total. The highest BCUT2D eigenvalue weighted by molar-refractivity contribution is 5.85. The van der Waals surface area contributed by atoms with Gasteiger partial charge < -0.3 is 5.43 Å². The van der Waals surface area contributed by atoms with Gasteiger partial charge in [0.05, 0.1) is 5.69 Å². The molecular weight excluding hydrogens is 196 g/mol. The average molecular weight is 215 g/mol. The summed E-state index contributed by atoms with van der Waals surface area (Å²) in [4.78, 5) is 0. The van der Waals surface area contributed by atoms with E-state index in [1.54, 1.807) is 0 Å². The highest BCUT2D eigenvalue weighted by Crippen LogP contribution is 2.23. The summed E-state index contributed by atoms with van der Waals surface area (Å²) in [5.74, 6) is 5.50. The van der Waals surface area contributed by atoms with E-state index in [9.17, 15) is 0 Å². The Morgan fingerprint density at radius 1 is 1.14 bits per heavy atom. The number of nitrogens with one attached hydrogen (secondary N) is 1. The average Bonchev–Trinajstić information content (AvgIpc) is 2.16. The molecule has 0 spiro atoms. The molecule has 0 aliphatic rings. The van der Waals surface area contributed by atoms with Crippen molar-refractivity contribution in [2.45, 2.75) is 33.6 Å². The number of benzene rings is 1. The fraction of sp³-hybridized carbons (Fsp3) is 0.455. The lowest BCUT2D eigenvalue weighted by Gasteiger charge is -2.13. The Hall–Kier alpha value is -0.730. The SMILES string of the molecule is CCc1cc(C)cc(CC)c1NN.Cl. The minimum absolute atomic E-state index is 0. The maximum absolute atomic E-state index is 5.50. The number of rotatable bonds is 3. The predicted molar refractivity (Wildman–Crippen MR) is 65.0 cm³/mol. The van der Waals surface area contributed by atoms with Crippen LogP contribution in [0.2, 0.25) is 0 Å². The van der Waals surface area contributed by atoms with Gasteiger partial charge in [0.25, 0.3) is 0 Å². The van der Waals surface area contributed by atoms with E-state index in [1.807, 2.05) is 0 Å². The van der Waals surface area contributed by atoms with Crippen molar-refractivity contribution in [3.63, 3.8) is 0 Å². The molecule has 0 aliphatic carbocycles. The second kappa shape index (κ2) is 5.89. The summed E-state index contributed by atoms with van der Waals surface area (Å²) in [5, 5.41) is 0. The third kappa shape index (κ3) is 2.63. The van der Waals surface area contributed by atoms with Crippen LogP contribution < -0.4 is 11.3 Å². The van der Waals surface area contributed by atoms with Crippen molar-refractivity contribution in [3.05, 3.63) is 28.8 Å². The normalized spacial score (nSPS) is 9.43. The van der Waals surface area contributed by atoms with Crippen molar-refractivity contribution in [2.75, 3.05) is 5.43 Å². The first-order valence-corrected chi connectivity index (χ1v) is 4.81. The van der Waals surface area contributed by atoms with Crippen LogP contribution in [0.25, 0.3) is 0 Å². The summed E-state index contributed by atoms with van der Waals surface area (Å²) in [6.07, 6.45) is 2.04. The molecule has 0 aromatic heterocycles. The predicted octanol–water partition coefficient (Wildman–Crippen LogP) is 2.83. The molecule has 3 N–H and O–H groups in total. The van der Waals surface area contributed by atoms with E-state index in [4.69, 9.17) is 5.84 Å². The largest absolute Gasteiger partial charge is 0.324 e. The number of hydrogen-bond donors (Lipinski definition) is 2. The van der Waals surface area contributed by atoms with E-state index >= 15 is 0 Å². The van der Waals surface area contributed by atoms with E-state index < -0.39 is 0 Å². The lowest BCUT2D eigenvalue weighted by molar-refractivity contribution is 1.06. The van der Waals surface area contributed by atoms with Crippen molar-refractivity contribution in [2.24, 2.45) is 5.84 Å². The van der Waals surface area contributed by atoms with Gasteiger partial charge in [0.15, 0.2) is 0 Å². The van der Waals surface area contributed by atoms with E-state index in [0.29, 0.717) is 0 Å². The van der Waals surface area contributed by atoms with Crippen LogP contribution in [-0.4, -0.2) is 0 Å². The maximum Gasteiger partial charge on any atom is 0.0549 e. The molecule has 0 bridgehead atoms. The molecule has 80 valence electrons. The molecule has 0 atom stereocenters. The van der Waals surface area contributed by atoms with E-state index in [0.717, 1.165) is 18.5 Å². The number of aryl methyl sites for hydroxylation is 3. The molecule has 0 aliphatic heterocycles. The molecule has 0 saturated carbocycles. The number of nitrogens with two attached hydrogens (primary N) is 1. The van der Waals surface area contributed by atoms with Crippen molar-refractivity contribution in [3.8, 4) is 0 Å². The molecule has 0 amide bonds. The van der Waals surface area contributed by atoms with Crippen LogP contribution in [0.15, 0.2) is 12.1 Å². The number of anilines is 1. The molecular formula is C11H19ClN2. The molecule has 0 unspecified atom stereocenters. The second-order valence-corrected chi connectivity index (χ2v) is 3.31. The van der Waals surface area contributed by atoms with Gasteiger partial charge in [0.2, 0.25) is 0 Å². The van der Waals surface area contributed by atoms with Crippen LogP contribution >= 0.6 is 12.4 Å². The Labute approximate surface area is 92.3 Å². The van der Waals surface area contributed by atoms with Gasteiger partial charge in [-0.3, -0.25) is 5.84 Å². The van der Waals surface area contributed by atoms with Crippen LogP contribution in [0.3, 0.4) is 0 Å². The molecule has 1 rings (SSSR count). The fourth-order valence-electron chi connectivity index (χ4n) is 1.68. The Morgan fingerprint density at radius 3 is 1.86 bits per heavy atom. The monoisotopic (exact) mass is 214 g/mol. The van der Waals surface area contributed by atoms with Gasteiger partial charge >= 0.3 is 0 Å². The number of hydrazine groups is 1. The van der Waals surface area contributed by atoms with Gasteiger partial charge in [-0.1, -0.05) is 31.5 Å². The lowest BCUT2D eigenvalue weighted by Crippen LogP contribution is -2.11. The lowest BCUT2D eigenvalue weighted by atomic mass is 10.0. The summed E-state index contributed by atoms with van der Waals surface area (Å²) in [6.45, 7) is 6.42. The van der Waals surface area contributed by atoms with Gasteiger partial charge in [-0.05, 0) is 30.9 Å². The smallest absolute Gasteiger partial charge is 0.0549 e. The van der Waals surface area contributed by atoms with Crippen LogP contribution in [0.1, 0.15) is 30.5 Å². The second-order valence-electron chi connectivity index (χ2n) is 3.31. The van der Waals surface area contributed by atoms with Gasteiger partial charge in [-0.25, -0.2) is 0 Å². The third-order valence-corrected chi connectivity index (χ3v) is 2.35. The molecule has 3 heteroatoms. The molecule has 0 radical (unpaired) electrons. The first-order valence-electron chi connectivity index (χ1n) is 4.81. The highest BCUT2D eigenvalue weighted by Gasteiger charge is 2.05. The van der Waals surface area contributed by atoms with Crippen molar-refractivity contribution >= 4 is 18.1 Å². The molecule has 0 saturated heterocycles. The molecule has 14 heavy (non-hydrogen) atoms. The zero-order chi connectivity index (χ0) is 9.84. The minimum Gasteiger partial charge on any atom is -0.324 e. The van der Waals surface area contributed by atoms with Gasteiger partial charge in [0.1, 0.15) is 0 Å². The van der Waals surface area contributed by atoms with Crippen molar-refractivity contribution < 1.29 is 0 Å². The van der Waals surface area contributed by atoms with Gasteiger partial charge in [-0.2, -0.15) is 0 Å². The fourth-order valence-corrected chi connectivity index (χ4v) is 1.68. The Kier molecular flexibility index (Phi) is 5.58. The molecule has 0 heterocycles. The minimum atomic E-state index is 0. The van der Waals surface area contributed by atoms with Crippen LogP contribution in [0.5, 0.6) is 0 Å². The number of halogens is 1. The topological polar surface area (TPSA) is 38.0 Å². The third-order valence-electron chi connectivity index (χ3n) is 2.35. The number of hydrogen-bond acceptors (Lipinski definition) is 2. The summed E-state index contributed by atoms with van der Waals surface area (Å²) in [7, 11) is 0.